The largest absolute Gasteiger partial charge is 0.495 e. The summed E-state index contributed by atoms with van der Waals surface area (Å²) in [5, 5.41) is 0. The molecule has 482 valence electrons. The van der Waals surface area contributed by atoms with Crippen molar-refractivity contribution in [3.63, 3.8) is 0 Å². The molecular formula is C73H124BrNO7S2. The summed E-state index contributed by atoms with van der Waals surface area (Å²) >= 11 is 3.99. The Labute approximate surface area is 532 Å². The van der Waals surface area contributed by atoms with Crippen molar-refractivity contribution >= 4 is 50.1 Å². The number of benzene rings is 2. The predicted octanol–water partition coefficient (Wildman–Crippen LogP) is 22.8. The van der Waals surface area contributed by atoms with Crippen LogP contribution in [0.25, 0.3) is 10.4 Å². The Morgan fingerprint density at radius 1 is 0.821 bits per heavy atom. The van der Waals surface area contributed by atoms with Crippen molar-refractivity contribution in [3.05, 3.63) is 110 Å². The Bertz CT molecular complexity index is 2270. The Balaban J connectivity index is 0. The molecule has 11 heteroatoms. The van der Waals surface area contributed by atoms with Crippen molar-refractivity contribution in [3.8, 4) is 10.4 Å². The summed E-state index contributed by atoms with van der Waals surface area (Å²) in [6.45, 7) is 47.2. The van der Waals surface area contributed by atoms with Crippen molar-refractivity contribution in [1.29, 1.82) is 0 Å². The monoisotopic (exact) mass is 1270 g/mol. The quantitative estimate of drug-likeness (QED) is 0.0322. The van der Waals surface area contributed by atoms with Crippen LogP contribution in [-0.4, -0.2) is 59.2 Å². The molecule has 1 fully saturated rings. The van der Waals surface area contributed by atoms with Crippen LogP contribution in [0.1, 0.15) is 274 Å². The smallest absolute Gasteiger partial charge is 0.308 e. The SMILES string of the molecule is C=C(C)CC.CC.CC(C)C(=O)OC(C)(C)C.CC1CCCC1.CCCCCC(CCC)C1=C(OCCOCCOS(C)=O)CC(C)C(C)=C1.CCCC[C@H](C)c1ccc(-c2scnc2C)cc1.CCCc1cccc(Br)c1C(=O)C(C)CC. The lowest BCUT2D eigenvalue weighted by molar-refractivity contribution is -0.158. The van der Waals surface area contributed by atoms with E-state index in [4.69, 9.17) is 18.4 Å². The highest BCUT2D eigenvalue weighted by Crippen LogP contribution is 2.37. The lowest BCUT2D eigenvalue weighted by Gasteiger charge is -2.29. The number of thiazole rings is 1. The molecule has 2 aliphatic carbocycles. The van der Waals surface area contributed by atoms with Gasteiger partial charge in [-0.2, -0.15) is 0 Å². The Morgan fingerprint density at radius 3 is 1.89 bits per heavy atom. The third-order valence-electron chi connectivity index (χ3n) is 14.7. The predicted molar refractivity (Wildman–Crippen MR) is 371 cm³/mol. The number of esters is 1. The van der Waals surface area contributed by atoms with E-state index in [1.165, 1.54) is 128 Å². The first-order valence-corrected chi connectivity index (χ1v) is 35.7. The molecule has 1 heterocycles. The first-order valence-electron chi connectivity index (χ1n) is 32.6. The topological polar surface area (TPSA) is 101 Å². The van der Waals surface area contributed by atoms with Crippen LogP contribution in [0.4, 0.5) is 0 Å². The van der Waals surface area contributed by atoms with E-state index in [2.05, 4.69) is 140 Å². The number of rotatable bonds is 27. The second kappa shape index (κ2) is 49.7. The summed E-state index contributed by atoms with van der Waals surface area (Å²) in [6.07, 6.45) is 26.3. The van der Waals surface area contributed by atoms with Gasteiger partial charge in [-0.05, 0) is 132 Å². The van der Waals surface area contributed by atoms with Crippen LogP contribution in [0.2, 0.25) is 0 Å². The fourth-order valence-corrected chi connectivity index (χ4v) is 10.7. The van der Waals surface area contributed by atoms with Gasteiger partial charge in [0.2, 0.25) is 0 Å². The summed E-state index contributed by atoms with van der Waals surface area (Å²) in [6, 6.07) is 15.0. The maximum Gasteiger partial charge on any atom is 0.308 e. The van der Waals surface area contributed by atoms with Crippen LogP contribution in [0.15, 0.2) is 87.6 Å². The van der Waals surface area contributed by atoms with Gasteiger partial charge in [0.05, 0.1) is 41.8 Å². The summed E-state index contributed by atoms with van der Waals surface area (Å²) < 4.78 is 33.5. The number of hydrogen-bond acceptors (Lipinski definition) is 9. The highest BCUT2D eigenvalue weighted by molar-refractivity contribution is 9.10. The van der Waals surface area contributed by atoms with E-state index in [0.717, 1.165) is 59.5 Å². The van der Waals surface area contributed by atoms with Gasteiger partial charge in [-0.25, -0.2) is 9.19 Å². The van der Waals surface area contributed by atoms with Crippen LogP contribution in [0, 0.1) is 36.5 Å². The number of ether oxygens (including phenoxy) is 3. The third kappa shape index (κ3) is 38.1. The van der Waals surface area contributed by atoms with Crippen molar-refractivity contribution in [2.45, 2.75) is 266 Å². The van der Waals surface area contributed by atoms with E-state index >= 15 is 0 Å². The molecule has 0 radical (unpaired) electrons. The van der Waals surface area contributed by atoms with Gasteiger partial charge in [-0.3, -0.25) is 13.8 Å². The third-order valence-corrected chi connectivity index (χ3v) is 16.9. The number of allylic oxidation sites excluding steroid dienone is 5. The number of carbonyl (C=O) groups excluding carboxylic acids is 2. The average molecular weight is 1270 g/mol. The van der Waals surface area contributed by atoms with Gasteiger partial charge in [-0.15, -0.1) is 17.9 Å². The molecule has 0 amide bonds. The number of unbranched alkanes of at least 4 members (excludes halogenated alkanes) is 3. The van der Waals surface area contributed by atoms with Crippen molar-refractivity contribution in [1.82, 2.24) is 4.98 Å². The van der Waals surface area contributed by atoms with E-state index in [0.29, 0.717) is 44.2 Å². The number of halogens is 1. The van der Waals surface area contributed by atoms with Crippen LogP contribution in [0.3, 0.4) is 0 Å². The number of hydrogen-bond donors (Lipinski definition) is 0. The van der Waals surface area contributed by atoms with Gasteiger partial charge in [0.25, 0.3) is 0 Å². The molecule has 8 nitrogen and oxygen atoms in total. The van der Waals surface area contributed by atoms with Crippen LogP contribution in [-0.2, 0) is 40.7 Å². The average Bonchev–Trinajstić information content (AvgIpc) is 4.27. The van der Waals surface area contributed by atoms with Crippen LogP contribution >= 0.6 is 27.3 Å². The molecule has 0 bridgehead atoms. The molecule has 0 spiro atoms. The molecule has 5 rings (SSSR count). The molecule has 3 aromatic rings. The first-order chi connectivity index (χ1) is 39.8. The summed E-state index contributed by atoms with van der Waals surface area (Å²) in [5.74, 6) is 4.23. The first kappa shape index (κ1) is 82.8. The molecule has 5 atom stereocenters. The maximum atomic E-state index is 12.3. The zero-order valence-corrected chi connectivity index (χ0v) is 60.6. The number of aryl methyl sites for hydroxylation is 2. The van der Waals surface area contributed by atoms with Gasteiger partial charge in [0.15, 0.2) is 16.9 Å². The van der Waals surface area contributed by atoms with Gasteiger partial charge in [0.1, 0.15) is 18.0 Å². The molecule has 0 aliphatic heterocycles. The molecular weight excluding hydrogens is 1150 g/mol. The fraction of sp³-hybridized carbons (Fsp3) is 0.685. The number of aromatic nitrogens is 1. The highest BCUT2D eigenvalue weighted by atomic mass is 79.9. The number of Topliss-reactive ketones (excluding diaryl/α,β-unsaturated/α-hetero) is 1. The van der Waals surface area contributed by atoms with E-state index in [-0.39, 0.29) is 29.2 Å². The number of nitrogens with zero attached hydrogens (tertiary/aromatic N) is 1. The summed E-state index contributed by atoms with van der Waals surface area (Å²) in [4.78, 5) is 28.8. The van der Waals surface area contributed by atoms with E-state index in [1.807, 2.05) is 80.0 Å². The minimum absolute atomic E-state index is 0.0285. The number of carbonyl (C=O) groups is 2. The van der Waals surface area contributed by atoms with E-state index in [1.54, 1.807) is 11.3 Å². The van der Waals surface area contributed by atoms with Gasteiger partial charge >= 0.3 is 5.97 Å². The Morgan fingerprint density at radius 2 is 1.43 bits per heavy atom. The zero-order chi connectivity index (χ0) is 64.2. The van der Waals surface area contributed by atoms with Gasteiger partial charge in [0, 0.05) is 28.6 Å². The Kier molecular flexibility index (Phi) is 49.0. The second-order valence-corrected chi connectivity index (χ2v) is 26.8. The fourth-order valence-electron chi connectivity index (χ4n) is 9.02. The normalized spacial score (nSPS) is 15.2. The van der Waals surface area contributed by atoms with E-state index < -0.39 is 11.1 Å². The van der Waals surface area contributed by atoms with Gasteiger partial charge < -0.3 is 14.2 Å². The van der Waals surface area contributed by atoms with Crippen LogP contribution in [0.5, 0.6) is 0 Å². The van der Waals surface area contributed by atoms with E-state index in [9.17, 15) is 13.8 Å². The van der Waals surface area contributed by atoms with Gasteiger partial charge in [-0.1, -0.05) is 237 Å². The summed E-state index contributed by atoms with van der Waals surface area (Å²) in [7, 11) is 0. The van der Waals surface area contributed by atoms with Crippen molar-refractivity contribution in [2.24, 2.45) is 29.6 Å². The molecule has 2 aromatic carbocycles. The van der Waals surface area contributed by atoms with Crippen molar-refractivity contribution in [2.75, 3.05) is 32.7 Å². The van der Waals surface area contributed by atoms with Crippen LogP contribution < -0.4 is 0 Å². The maximum absolute atomic E-state index is 12.3. The van der Waals surface area contributed by atoms with Crippen molar-refractivity contribution < 1.29 is 32.2 Å². The highest BCUT2D eigenvalue weighted by Gasteiger charge is 2.25. The molecule has 1 saturated carbocycles. The standard InChI is InChI=1S/C22H40O4S.C16H21NS.C14H19BrO.C8H16O2.C6H12.C5H10.C2H6/c1-6-8-9-11-20(10-7-2)21-16-18(3)19(4)17-22(21)25-14-12-24-13-15-26-27(5)23;1-4-5-6-12(2)14-7-9-15(10-8-14)16-13(3)17-11-18-16;1-4-7-11-8-6-9-12(15)13(11)14(16)10(3)5-2;1-6(2)7(9)10-8(3,4)5;1-6-4-2-3-5-6;1-4-5(2)3;1-2/h16,19-20H,6-15,17H2,1-5H3;7-12H,4-6H2,1-3H3;6,8-10H,4-5,7H2,1-3H3;6H,1-5H3;6H,2-5H2,1H3;2,4H2,1,3H3;1-2H3/t;12-;;;;;/m.0...../s1. The lowest BCUT2D eigenvalue weighted by Crippen LogP contribution is -2.26. The molecule has 0 N–H and O–H groups in total. The molecule has 84 heavy (non-hydrogen) atoms. The number of ketones is 1. The molecule has 0 saturated heterocycles. The second-order valence-electron chi connectivity index (χ2n) is 24.1. The minimum Gasteiger partial charge on any atom is -0.495 e. The Hall–Kier alpha value is -3.22. The lowest BCUT2D eigenvalue weighted by atomic mass is 9.81. The minimum atomic E-state index is -1.23. The molecule has 2 aliphatic rings. The molecule has 4 unspecified atom stereocenters. The summed E-state index contributed by atoms with van der Waals surface area (Å²) in [5.41, 5.74) is 11.7. The zero-order valence-electron chi connectivity index (χ0n) is 57.4. The molecule has 1 aromatic heterocycles.